The van der Waals surface area contributed by atoms with Gasteiger partial charge in [0, 0.05) is 48.8 Å². The fourth-order valence-corrected chi connectivity index (χ4v) is 5.70. The molecule has 7 nitrogen and oxygen atoms in total. The summed E-state index contributed by atoms with van der Waals surface area (Å²) in [7, 11) is -3.72. The molecule has 2 heterocycles. The summed E-state index contributed by atoms with van der Waals surface area (Å²) in [6.07, 6.45) is 0. The standard InChI is InChI=1S/C25H26FN3O4S/c1-17-16-24(18(2)29(17)22-8-6-21(26)7-9-22)25(31)27-12-14-28(15-13-27)34(32,33)23-10-4-20(5-11-23)19(3)30/h4-11,16H,12-15H2,1-3H3. The molecule has 1 amide bonds. The second-order valence-corrected chi connectivity index (χ2v) is 10.3. The Balaban J connectivity index is 1.48. The highest BCUT2D eigenvalue weighted by Crippen LogP contribution is 2.24. The number of benzene rings is 2. The summed E-state index contributed by atoms with van der Waals surface area (Å²) in [6.45, 7) is 6.05. The molecular weight excluding hydrogens is 457 g/mol. The van der Waals surface area contributed by atoms with Crippen molar-refractivity contribution in [2.45, 2.75) is 25.7 Å². The Morgan fingerprint density at radius 2 is 1.47 bits per heavy atom. The molecule has 2 aromatic carbocycles. The van der Waals surface area contributed by atoms with Crippen LogP contribution in [0.1, 0.15) is 39.0 Å². The van der Waals surface area contributed by atoms with Gasteiger partial charge in [0.05, 0.1) is 10.5 Å². The fraction of sp³-hybridized carbons (Fsp3) is 0.280. The number of piperazine rings is 1. The molecular formula is C25H26FN3O4S. The number of carbonyl (C=O) groups is 2. The smallest absolute Gasteiger partial charge is 0.255 e. The lowest BCUT2D eigenvalue weighted by molar-refractivity contribution is 0.0697. The quantitative estimate of drug-likeness (QED) is 0.520. The molecule has 34 heavy (non-hydrogen) atoms. The summed E-state index contributed by atoms with van der Waals surface area (Å²) in [5.74, 6) is -0.621. The van der Waals surface area contributed by atoms with Crippen molar-refractivity contribution < 1.29 is 22.4 Å². The van der Waals surface area contributed by atoms with E-state index in [0.29, 0.717) is 11.1 Å². The SMILES string of the molecule is CC(=O)c1ccc(S(=O)(=O)N2CCN(C(=O)c3cc(C)n(-c4ccc(F)cc4)c3C)CC2)cc1. The van der Waals surface area contributed by atoms with E-state index < -0.39 is 10.0 Å². The maximum absolute atomic E-state index is 13.3. The number of halogens is 1. The lowest BCUT2D eigenvalue weighted by Gasteiger charge is -2.34. The van der Waals surface area contributed by atoms with Crippen molar-refractivity contribution in [1.29, 1.82) is 0 Å². The van der Waals surface area contributed by atoms with Crippen molar-refractivity contribution in [3.63, 3.8) is 0 Å². The van der Waals surface area contributed by atoms with E-state index in [-0.39, 0.29) is 48.6 Å². The molecule has 1 aromatic heterocycles. The summed E-state index contributed by atoms with van der Waals surface area (Å²) >= 11 is 0. The minimum atomic E-state index is -3.72. The first-order chi connectivity index (χ1) is 16.1. The van der Waals surface area contributed by atoms with Crippen molar-refractivity contribution in [2.75, 3.05) is 26.2 Å². The average Bonchev–Trinajstić information content (AvgIpc) is 3.13. The Kier molecular flexibility index (Phi) is 6.42. The van der Waals surface area contributed by atoms with Crippen LogP contribution in [0.25, 0.3) is 5.69 Å². The third kappa shape index (κ3) is 4.41. The van der Waals surface area contributed by atoms with E-state index in [9.17, 15) is 22.4 Å². The largest absolute Gasteiger partial charge is 0.336 e. The number of sulfonamides is 1. The van der Waals surface area contributed by atoms with Gasteiger partial charge in [0.25, 0.3) is 5.91 Å². The molecule has 1 saturated heterocycles. The zero-order chi connectivity index (χ0) is 24.6. The number of amides is 1. The van der Waals surface area contributed by atoms with E-state index in [0.717, 1.165) is 17.1 Å². The molecule has 178 valence electrons. The molecule has 0 spiro atoms. The molecule has 0 unspecified atom stereocenters. The maximum atomic E-state index is 13.3. The maximum Gasteiger partial charge on any atom is 0.255 e. The third-order valence-electron chi connectivity index (χ3n) is 6.17. The second kappa shape index (κ2) is 9.15. The van der Waals surface area contributed by atoms with Crippen molar-refractivity contribution in [3.8, 4) is 5.69 Å². The number of nitrogens with zero attached hydrogens (tertiary/aromatic N) is 3. The average molecular weight is 484 g/mol. The van der Waals surface area contributed by atoms with Crippen LogP contribution in [0, 0.1) is 19.7 Å². The monoisotopic (exact) mass is 483 g/mol. The van der Waals surface area contributed by atoms with Gasteiger partial charge in [-0.05, 0) is 63.2 Å². The Hall–Kier alpha value is -3.30. The Bertz CT molecular complexity index is 1340. The second-order valence-electron chi connectivity index (χ2n) is 8.37. The van der Waals surface area contributed by atoms with E-state index in [1.807, 2.05) is 18.4 Å². The Labute approximate surface area is 198 Å². The first kappa shape index (κ1) is 23.8. The normalized spacial score (nSPS) is 14.9. The molecule has 9 heteroatoms. The van der Waals surface area contributed by atoms with Gasteiger partial charge in [-0.1, -0.05) is 12.1 Å². The van der Waals surface area contributed by atoms with Crippen molar-refractivity contribution in [1.82, 2.24) is 13.8 Å². The first-order valence-corrected chi connectivity index (χ1v) is 12.4. The van der Waals surface area contributed by atoms with E-state index in [2.05, 4.69) is 0 Å². The molecule has 0 bridgehead atoms. The van der Waals surface area contributed by atoms with Crippen molar-refractivity contribution >= 4 is 21.7 Å². The number of ketones is 1. The van der Waals surface area contributed by atoms with Gasteiger partial charge < -0.3 is 9.47 Å². The number of aromatic nitrogens is 1. The molecule has 0 radical (unpaired) electrons. The molecule has 1 aliphatic heterocycles. The lowest BCUT2D eigenvalue weighted by Crippen LogP contribution is -2.50. The zero-order valence-corrected chi connectivity index (χ0v) is 20.1. The first-order valence-electron chi connectivity index (χ1n) is 10.9. The van der Waals surface area contributed by atoms with Gasteiger partial charge in [0.2, 0.25) is 10.0 Å². The Morgan fingerprint density at radius 1 is 0.882 bits per heavy atom. The number of carbonyl (C=O) groups excluding carboxylic acids is 2. The van der Waals surface area contributed by atoms with E-state index in [1.165, 1.54) is 47.6 Å². The van der Waals surface area contributed by atoms with Crippen LogP contribution in [0.4, 0.5) is 4.39 Å². The van der Waals surface area contributed by atoms with Gasteiger partial charge in [-0.2, -0.15) is 4.31 Å². The van der Waals surface area contributed by atoms with Crippen LogP contribution in [0.2, 0.25) is 0 Å². The van der Waals surface area contributed by atoms with E-state index in [4.69, 9.17) is 0 Å². The summed E-state index contributed by atoms with van der Waals surface area (Å²) in [4.78, 5) is 26.5. The summed E-state index contributed by atoms with van der Waals surface area (Å²) < 4.78 is 42.6. The van der Waals surface area contributed by atoms with Gasteiger partial charge in [-0.15, -0.1) is 0 Å². The van der Waals surface area contributed by atoms with E-state index in [1.54, 1.807) is 23.1 Å². The van der Waals surface area contributed by atoms with Gasteiger partial charge in [0.15, 0.2) is 5.78 Å². The van der Waals surface area contributed by atoms with Crippen LogP contribution in [-0.4, -0.2) is 60.1 Å². The zero-order valence-electron chi connectivity index (χ0n) is 19.3. The molecule has 4 rings (SSSR count). The molecule has 0 N–H and O–H groups in total. The van der Waals surface area contributed by atoms with Crippen LogP contribution in [0.15, 0.2) is 59.5 Å². The highest BCUT2D eigenvalue weighted by molar-refractivity contribution is 7.89. The number of hydrogen-bond donors (Lipinski definition) is 0. The molecule has 1 aliphatic rings. The van der Waals surface area contributed by atoms with Crippen LogP contribution >= 0.6 is 0 Å². The fourth-order valence-electron chi connectivity index (χ4n) is 4.28. The summed E-state index contributed by atoms with van der Waals surface area (Å²) in [6, 6.07) is 13.8. The molecule has 3 aromatic rings. The highest BCUT2D eigenvalue weighted by Gasteiger charge is 2.31. The van der Waals surface area contributed by atoms with Gasteiger partial charge in [-0.25, -0.2) is 12.8 Å². The highest BCUT2D eigenvalue weighted by atomic mass is 32.2. The predicted octanol–water partition coefficient (Wildman–Crippen LogP) is 3.58. The molecule has 0 aliphatic carbocycles. The van der Waals surface area contributed by atoms with Crippen LogP contribution in [-0.2, 0) is 10.0 Å². The van der Waals surface area contributed by atoms with Crippen molar-refractivity contribution in [3.05, 3.63) is 82.9 Å². The van der Waals surface area contributed by atoms with Crippen LogP contribution in [0.3, 0.4) is 0 Å². The molecule has 0 saturated carbocycles. The Morgan fingerprint density at radius 3 is 2.03 bits per heavy atom. The lowest BCUT2D eigenvalue weighted by atomic mass is 10.2. The van der Waals surface area contributed by atoms with E-state index >= 15 is 0 Å². The number of hydrogen-bond acceptors (Lipinski definition) is 4. The van der Waals surface area contributed by atoms with Crippen molar-refractivity contribution in [2.24, 2.45) is 0 Å². The summed E-state index contributed by atoms with van der Waals surface area (Å²) in [5, 5.41) is 0. The third-order valence-corrected chi connectivity index (χ3v) is 8.08. The number of aryl methyl sites for hydroxylation is 1. The van der Waals surface area contributed by atoms with Crippen LogP contribution < -0.4 is 0 Å². The predicted molar refractivity (Wildman–Crippen MR) is 126 cm³/mol. The van der Waals surface area contributed by atoms with Gasteiger partial charge in [0.1, 0.15) is 5.82 Å². The number of Topliss-reactive ketones (excluding diaryl/α,β-unsaturated/α-hetero) is 1. The minimum Gasteiger partial charge on any atom is -0.336 e. The molecule has 0 atom stereocenters. The summed E-state index contributed by atoms with van der Waals surface area (Å²) in [5.41, 5.74) is 3.35. The van der Waals surface area contributed by atoms with Gasteiger partial charge in [-0.3, -0.25) is 9.59 Å². The van der Waals surface area contributed by atoms with Gasteiger partial charge >= 0.3 is 0 Å². The molecule has 1 fully saturated rings. The number of rotatable bonds is 5. The minimum absolute atomic E-state index is 0.125. The topological polar surface area (TPSA) is 79.7 Å². The van der Waals surface area contributed by atoms with Crippen LogP contribution in [0.5, 0.6) is 0 Å².